The Kier molecular flexibility index (Phi) is 4.72. The molecule has 1 aliphatic carbocycles. The molecular formula is C16H14ClF7. The summed E-state index contributed by atoms with van der Waals surface area (Å²) >= 11 is 5.19. The van der Waals surface area contributed by atoms with E-state index in [1.807, 2.05) is 0 Å². The Morgan fingerprint density at radius 3 is 1.92 bits per heavy atom. The van der Waals surface area contributed by atoms with Crippen LogP contribution in [-0.2, 0) is 6.42 Å². The molecule has 2 rings (SSSR count). The largest absolute Gasteiger partial charge is 0.426 e. The fourth-order valence-corrected chi connectivity index (χ4v) is 3.08. The van der Waals surface area contributed by atoms with Gasteiger partial charge >= 0.3 is 6.18 Å². The van der Waals surface area contributed by atoms with Crippen molar-refractivity contribution < 1.29 is 30.7 Å². The highest BCUT2D eigenvalue weighted by Gasteiger charge is 2.57. The highest BCUT2D eigenvalue weighted by Crippen LogP contribution is 2.61. The average Bonchev–Trinajstić information content (AvgIpc) is 2.98. The van der Waals surface area contributed by atoms with Crippen molar-refractivity contribution in [3.63, 3.8) is 0 Å². The highest BCUT2D eigenvalue weighted by molar-refractivity contribution is 6.30. The van der Waals surface area contributed by atoms with Gasteiger partial charge in [-0.3, -0.25) is 0 Å². The summed E-state index contributed by atoms with van der Waals surface area (Å²) in [5.74, 6) is -7.36. The van der Waals surface area contributed by atoms with Gasteiger partial charge in [-0.2, -0.15) is 13.2 Å². The molecule has 1 aliphatic rings. The topological polar surface area (TPSA) is 0 Å². The van der Waals surface area contributed by atoms with Crippen LogP contribution in [0.2, 0.25) is 0 Å². The number of benzene rings is 1. The maximum Gasteiger partial charge on any atom is 0.426 e. The van der Waals surface area contributed by atoms with E-state index in [9.17, 15) is 30.7 Å². The summed E-state index contributed by atoms with van der Waals surface area (Å²) in [6.45, 7) is 4.09. The Labute approximate surface area is 139 Å². The standard InChI is InChI=1S/C16H14ClF7/c1-6-11(18)13(20)7(14(21)12(6)19)4-8-9(15(8,2)3)5-10(17)16(22,23)24/h5,8-9H,4H2,1-3H3. The lowest BCUT2D eigenvalue weighted by Gasteiger charge is -2.10. The normalized spacial score (nSPS) is 23.5. The van der Waals surface area contributed by atoms with Crippen LogP contribution >= 0.6 is 11.6 Å². The minimum atomic E-state index is -4.72. The minimum absolute atomic E-state index is 0.429. The molecule has 0 saturated heterocycles. The quantitative estimate of drug-likeness (QED) is 0.446. The predicted molar refractivity (Wildman–Crippen MR) is 75.5 cm³/mol. The van der Waals surface area contributed by atoms with Gasteiger partial charge < -0.3 is 0 Å². The lowest BCUT2D eigenvalue weighted by Crippen LogP contribution is -2.09. The number of halogens is 8. The molecule has 24 heavy (non-hydrogen) atoms. The molecule has 0 spiro atoms. The van der Waals surface area contributed by atoms with Gasteiger partial charge in [0.05, 0.1) is 0 Å². The molecule has 1 saturated carbocycles. The van der Waals surface area contributed by atoms with Crippen LogP contribution in [0, 0.1) is 47.4 Å². The molecule has 0 bridgehead atoms. The highest BCUT2D eigenvalue weighted by atomic mass is 35.5. The molecule has 1 aromatic rings. The molecule has 2 atom stereocenters. The van der Waals surface area contributed by atoms with E-state index >= 15 is 0 Å². The van der Waals surface area contributed by atoms with E-state index in [2.05, 4.69) is 0 Å². The van der Waals surface area contributed by atoms with E-state index in [0.29, 0.717) is 0 Å². The maximum absolute atomic E-state index is 13.9. The SMILES string of the molecule is Cc1c(F)c(F)c(CC2C(C=C(Cl)C(F)(F)F)C2(C)C)c(F)c1F. The van der Waals surface area contributed by atoms with Crippen LogP contribution in [0.1, 0.15) is 25.0 Å². The van der Waals surface area contributed by atoms with Gasteiger partial charge in [0, 0.05) is 11.1 Å². The van der Waals surface area contributed by atoms with Gasteiger partial charge in [-0.15, -0.1) is 0 Å². The lowest BCUT2D eigenvalue weighted by molar-refractivity contribution is -0.0848. The second-order valence-electron chi connectivity index (χ2n) is 6.53. The maximum atomic E-state index is 13.9. The average molecular weight is 375 g/mol. The van der Waals surface area contributed by atoms with E-state index < -0.39 is 69.3 Å². The van der Waals surface area contributed by atoms with Gasteiger partial charge in [0.15, 0.2) is 23.3 Å². The number of hydrogen-bond acceptors (Lipinski definition) is 0. The van der Waals surface area contributed by atoms with Crippen molar-refractivity contribution in [1.82, 2.24) is 0 Å². The van der Waals surface area contributed by atoms with Crippen LogP contribution in [0.25, 0.3) is 0 Å². The Bertz CT molecular complexity index is 674. The van der Waals surface area contributed by atoms with Crippen molar-refractivity contribution >= 4 is 11.6 Å². The van der Waals surface area contributed by atoms with Crippen LogP contribution < -0.4 is 0 Å². The molecule has 1 aromatic carbocycles. The molecule has 0 aromatic heterocycles. The lowest BCUT2D eigenvalue weighted by atomic mass is 10.00. The van der Waals surface area contributed by atoms with Crippen LogP contribution in [0.15, 0.2) is 11.1 Å². The Hall–Kier alpha value is -1.24. The van der Waals surface area contributed by atoms with Crippen molar-refractivity contribution in [1.29, 1.82) is 0 Å². The monoisotopic (exact) mass is 374 g/mol. The fourth-order valence-electron chi connectivity index (χ4n) is 2.95. The fraction of sp³-hybridized carbons (Fsp3) is 0.500. The first kappa shape index (κ1) is 19.1. The van der Waals surface area contributed by atoms with Gasteiger partial charge in [0.1, 0.15) is 5.03 Å². The zero-order chi connectivity index (χ0) is 18.6. The molecule has 134 valence electrons. The van der Waals surface area contributed by atoms with E-state index in [0.717, 1.165) is 13.0 Å². The third-order valence-electron chi connectivity index (χ3n) is 4.73. The van der Waals surface area contributed by atoms with Crippen LogP contribution in [0.4, 0.5) is 30.7 Å². The van der Waals surface area contributed by atoms with Crippen molar-refractivity contribution in [2.24, 2.45) is 17.3 Å². The molecule has 0 nitrogen and oxygen atoms in total. The molecule has 2 unspecified atom stereocenters. The summed E-state index contributed by atoms with van der Waals surface area (Å²) in [5, 5.41) is -1.33. The number of alkyl halides is 3. The van der Waals surface area contributed by atoms with Crippen LogP contribution in [0.3, 0.4) is 0 Å². The van der Waals surface area contributed by atoms with Crippen molar-refractivity contribution in [3.8, 4) is 0 Å². The third-order valence-corrected chi connectivity index (χ3v) is 5.07. The molecule has 0 heterocycles. The minimum Gasteiger partial charge on any atom is -0.203 e. The summed E-state index contributed by atoms with van der Waals surface area (Å²) in [6, 6.07) is 0. The van der Waals surface area contributed by atoms with Crippen LogP contribution in [-0.4, -0.2) is 6.18 Å². The van der Waals surface area contributed by atoms with E-state index in [4.69, 9.17) is 11.6 Å². The first-order chi connectivity index (χ1) is 10.8. The van der Waals surface area contributed by atoms with E-state index in [1.165, 1.54) is 0 Å². The van der Waals surface area contributed by atoms with Crippen molar-refractivity contribution in [3.05, 3.63) is 45.5 Å². The molecule has 1 fully saturated rings. The first-order valence-electron chi connectivity index (χ1n) is 7.06. The summed E-state index contributed by atoms with van der Waals surface area (Å²) < 4.78 is 92.5. The number of rotatable bonds is 3. The first-order valence-corrected chi connectivity index (χ1v) is 7.43. The van der Waals surface area contributed by atoms with E-state index in [1.54, 1.807) is 13.8 Å². The second kappa shape index (κ2) is 5.93. The molecule has 0 amide bonds. The summed E-state index contributed by atoms with van der Waals surface area (Å²) in [7, 11) is 0. The van der Waals surface area contributed by atoms with Crippen molar-refractivity contribution in [2.75, 3.05) is 0 Å². The summed E-state index contributed by atoms with van der Waals surface area (Å²) in [4.78, 5) is 0. The van der Waals surface area contributed by atoms with Crippen molar-refractivity contribution in [2.45, 2.75) is 33.4 Å². The van der Waals surface area contributed by atoms with Gasteiger partial charge in [-0.1, -0.05) is 31.5 Å². The second-order valence-corrected chi connectivity index (χ2v) is 6.94. The molecule has 0 radical (unpaired) electrons. The molecular weight excluding hydrogens is 361 g/mol. The van der Waals surface area contributed by atoms with Gasteiger partial charge in [0.25, 0.3) is 0 Å². The Morgan fingerprint density at radius 1 is 1.04 bits per heavy atom. The zero-order valence-corrected chi connectivity index (χ0v) is 13.7. The van der Waals surface area contributed by atoms with Gasteiger partial charge in [0.2, 0.25) is 0 Å². The molecule has 8 heteroatoms. The number of hydrogen-bond donors (Lipinski definition) is 0. The zero-order valence-electron chi connectivity index (χ0n) is 13.0. The van der Waals surface area contributed by atoms with Gasteiger partial charge in [-0.25, -0.2) is 17.6 Å². The van der Waals surface area contributed by atoms with Gasteiger partial charge in [-0.05, 0) is 30.6 Å². The van der Waals surface area contributed by atoms with Crippen LogP contribution in [0.5, 0.6) is 0 Å². The summed E-state index contributed by atoms with van der Waals surface area (Å²) in [5.41, 5.74) is -2.31. The smallest absolute Gasteiger partial charge is 0.203 e. The molecule has 0 N–H and O–H groups in total. The molecule has 0 aliphatic heterocycles. The van der Waals surface area contributed by atoms with E-state index in [-0.39, 0.29) is 0 Å². The Morgan fingerprint density at radius 2 is 1.50 bits per heavy atom. The summed E-state index contributed by atoms with van der Waals surface area (Å²) in [6.07, 6.45) is -4.37. The predicted octanol–water partition coefficient (Wildman–Crippen LogP) is 6.05. The third kappa shape index (κ3) is 3.15. The number of allylic oxidation sites excluding steroid dienone is 2. The Balaban J connectivity index is 2.34.